The third-order valence-corrected chi connectivity index (χ3v) is 8.35. The Hall–Kier alpha value is -0.870. The fourth-order valence-corrected chi connectivity index (χ4v) is 6.09. The molecule has 1 aromatic rings. The van der Waals surface area contributed by atoms with Crippen molar-refractivity contribution in [3.63, 3.8) is 0 Å². The van der Waals surface area contributed by atoms with E-state index in [4.69, 9.17) is 0 Å². The second kappa shape index (κ2) is 8.87. The molecule has 0 unspecified atom stereocenters. The third kappa shape index (κ3) is 4.33. The van der Waals surface area contributed by atoms with E-state index in [1.54, 1.807) is 16.4 Å². The molecule has 0 amide bonds. The van der Waals surface area contributed by atoms with Gasteiger partial charge in [-0.25, -0.2) is 8.42 Å². The van der Waals surface area contributed by atoms with Gasteiger partial charge in [0.25, 0.3) is 0 Å². The van der Waals surface area contributed by atoms with Gasteiger partial charge >= 0.3 is 0 Å². The molecular formula is C20H31IN4O2S. The minimum atomic E-state index is -3.33. The molecule has 0 aromatic heterocycles. The summed E-state index contributed by atoms with van der Waals surface area (Å²) in [6, 6.07) is 7.26. The van der Waals surface area contributed by atoms with Crippen LogP contribution in [0.5, 0.6) is 0 Å². The predicted octanol–water partition coefficient (Wildman–Crippen LogP) is 3.04. The Morgan fingerprint density at radius 3 is 2.29 bits per heavy atom. The normalized spacial score (nSPS) is 22.2. The van der Waals surface area contributed by atoms with Gasteiger partial charge in [0.1, 0.15) is 0 Å². The molecule has 1 aliphatic carbocycles. The number of aliphatic imine (C=N–C) groups is 1. The highest BCUT2D eigenvalue weighted by Gasteiger charge is 2.43. The summed E-state index contributed by atoms with van der Waals surface area (Å²) in [5, 5.41) is 3.44. The van der Waals surface area contributed by atoms with Crippen molar-refractivity contribution in [3.05, 3.63) is 29.8 Å². The van der Waals surface area contributed by atoms with Crippen LogP contribution < -0.4 is 5.32 Å². The number of sulfonamides is 1. The quantitative estimate of drug-likeness (QED) is 0.378. The Balaban J connectivity index is 0.00000225. The summed E-state index contributed by atoms with van der Waals surface area (Å²) in [6.45, 7) is 4.12. The predicted molar refractivity (Wildman–Crippen MR) is 123 cm³/mol. The maximum absolute atomic E-state index is 12.6. The molecule has 2 saturated heterocycles. The molecule has 1 aromatic carbocycles. The van der Waals surface area contributed by atoms with Crippen LogP contribution in [0.25, 0.3) is 0 Å². The first-order chi connectivity index (χ1) is 13.0. The van der Waals surface area contributed by atoms with Gasteiger partial charge in [-0.05, 0) is 55.2 Å². The highest BCUT2D eigenvalue weighted by molar-refractivity contribution is 14.0. The molecule has 4 rings (SSSR count). The highest BCUT2D eigenvalue weighted by Crippen LogP contribution is 2.47. The van der Waals surface area contributed by atoms with Gasteiger partial charge in [0.15, 0.2) is 5.96 Å². The van der Waals surface area contributed by atoms with Crippen LogP contribution in [0.1, 0.15) is 44.1 Å². The smallest absolute Gasteiger partial charge is 0.243 e. The van der Waals surface area contributed by atoms with E-state index in [9.17, 15) is 8.42 Å². The number of hydrogen-bond donors (Lipinski definition) is 1. The second-order valence-electron chi connectivity index (χ2n) is 8.18. The summed E-state index contributed by atoms with van der Waals surface area (Å²) >= 11 is 0. The van der Waals surface area contributed by atoms with Crippen molar-refractivity contribution in [2.75, 3.05) is 33.2 Å². The van der Waals surface area contributed by atoms with Gasteiger partial charge in [-0.1, -0.05) is 18.6 Å². The van der Waals surface area contributed by atoms with Crippen molar-refractivity contribution in [2.45, 2.75) is 50.0 Å². The van der Waals surface area contributed by atoms with Crippen molar-refractivity contribution in [3.8, 4) is 0 Å². The molecule has 0 atom stereocenters. The zero-order chi connectivity index (χ0) is 18.9. The van der Waals surface area contributed by atoms with E-state index in [2.05, 4.69) is 15.2 Å². The summed E-state index contributed by atoms with van der Waals surface area (Å²) in [5.74, 6) is 0.951. The van der Waals surface area contributed by atoms with Gasteiger partial charge in [-0.15, -0.1) is 24.0 Å². The minimum absolute atomic E-state index is 0. The average molecular weight is 518 g/mol. The van der Waals surface area contributed by atoms with Crippen LogP contribution in [0.15, 0.2) is 34.2 Å². The number of halogens is 1. The molecule has 1 spiro atoms. The van der Waals surface area contributed by atoms with E-state index < -0.39 is 10.0 Å². The SMILES string of the molecule is CN=C(NCc1ccc(S(=O)(=O)N2CCCC2)cc1)N1CCC2(CCC2)C1.I. The zero-order valence-corrected chi connectivity index (χ0v) is 19.7. The molecule has 2 heterocycles. The van der Waals surface area contributed by atoms with Gasteiger partial charge in [0, 0.05) is 39.8 Å². The van der Waals surface area contributed by atoms with Crippen molar-refractivity contribution >= 4 is 40.0 Å². The standard InChI is InChI=1S/C20H30N4O2S.HI/c1-21-19(23-14-11-20(16-23)9-4-10-20)22-15-17-5-7-18(8-6-17)27(25,26)24-12-2-3-13-24;/h5-8H,2-4,9-16H2,1H3,(H,21,22);1H. The lowest BCUT2D eigenvalue weighted by molar-refractivity contribution is 0.151. The van der Waals surface area contributed by atoms with Gasteiger partial charge < -0.3 is 10.2 Å². The summed E-state index contributed by atoms with van der Waals surface area (Å²) in [5.41, 5.74) is 1.61. The number of benzene rings is 1. The van der Waals surface area contributed by atoms with Crippen LogP contribution in [0, 0.1) is 5.41 Å². The van der Waals surface area contributed by atoms with Crippen LogP contribution in [-0.2, 0) is 16.6 Å². The summed E-state index contributed by atoms with van der Waals surface area (Å²) in [6.07, 6.45) is 7.26. The van der Waals surface area contributed by atoms with E-state index in [-0.39, 0.29) is 24.0 Å². The first-order valence-corrected chi connectivity index (χ1v) is 11.5. The minimum Gasteiger partial charge on any atom is -0.352 e. The molecule has 0 radical (unpaired) electrons. The number of hydrogen-bond acceptors (Lipinski definition) is 3. The van der Waals surface area contributed by atoms with Gasteiger partial charge in [0.05, 0.1) is 4.90 Å². The number of rotatable bonds is 4. The van der Waals surface area contributed by atoms with E-state index in [0.717, 1.165) is 37.5 Å². The van der Waals surface area contributed by atoms with Gasteiger partial charge in [-0.2, -0.15) is 4.31 Å². The Bertz CT molecular complexity index is 800. The van der Waals surface area contributed by atoms with Crippen LogP contribution in [0.4, 0.5) is 0 Å². The molecule has 3 aliphatic rings. The van der Waals surface area contributed by atoms with Crippen LogP contribution in [0.3, 0.4) is 0 Å². The lowest BCUT2D eigenvalue weighted by Crippen LogP contribution is -2.42. The topological polar surface area (TPSA) is 65.0 Å². The largest absolute Gasteiger partial charge is 0.352 e. The maximum Gasteiger partial charge on any atom is 0.243 e. The number of nitrogens with zero attached hydrogens (tertiary/aromatic N) is 3. The lowest BCUT2D eigenvalue weighted by Gasteiger charge is -2.38. The molecule has 156 valence electrons. The Kier molecular flexibility index (Phi) is 6.92. The fraction of sp³-hybridized carbons (Fsp3) is 0.650. The molecule has 3 fully saturated rings. The molecule has 28 heavy (non-hydrogen) atoms. The Labute approximate surface area is 185 Å². The lowest BCUT2D eigenvalue weighted by atomic mass is 9.68. The van der Waals surface area contributed by atoms with Crippen LogP contribution in [0.2, 0.25) is 0 Å². The zero-order valence-electron chi connectivity index (χ0n) is 16.6. The summed E-state index contributed by atoms with van der Waals surface area (Å²) in [7, 11) is -1.50. The third-order valence-electron chi connectivity index (χ3n) is 6.44. The van der Waals surface area contributed by atoms with E-state index in [1.807, 2.05) is 19.2 Å². The average Bonchev–Trinajstić information content (AvgIpc) is 3.33. The molecule has 1 saturated carbocycles. The van der Waals surface area contributed by atoms with E-state index in [1.165, 1.54) is 25.7 Å². The molecule has 1 N–H and O–H groups in total. The summed E-state index contributed by atoms with van der Waals surface area (Å²) in [4.78, 5) is 7.21. The van der Waals surface area contributed by atoms with Gasteiger partial charge in [-0.3, -0.25) is 4.99 Å². The second-order valence-corrected chi connectivity index (χ2v) is 10.1. The Morgan fingerprint density at radius 1 is 1.07 bits per heavy atom. The maximum atomic E-state index is 12.6. The van der Waals surface area contributed by atoms with Crippen molar-refractivity contribution in [1.82, 2.24) is 14.5 Å². The number of likely N-dealkylation sites (tertiary alicyclic amines) is 1. The summed E-state index contributed by atoms with van der Waals surface area (Å²) < 4.78 is 26.8. The van der Waals surface area contributed by atoms with Crippen molar-refractivity contribution in [2.24, 2.45) is 10.4 Å². The molecule has 6 nitrogen and oxygen atoms in total. The Morgan fingerprint density at radius 2 is 1.75 bits per heavy atom. The van der Waals surface area contributed by atoms with Crippen molar-refractivity contribution < 1.29 is 8.42 Å². The fourth-order valence-electron chi connectivity index (χ4n) is 4.57. The van der Waals surface area contributed by atoms with Crippen LogP contribution in [-0.4, -0.2) is 56.8 Å². The van der Waals surface area contributed by atoms with Gasteiger partial charge in [0.2, 0.25) is 10.0 Å². The first kappa shape index (κ1) is 21.8. The monoisotopic (exact) mass is 518 g/mol. The molecule has 0 bridgehead atoms. The van der Waals surface area contributed by atoms with E-state index >= 15 is 0 Å². The number of nitrogens with one attached hydrogen (secondary N) is 1. The number of guanidine groups is 1. The molecular weight excluding hydrogens is 487 g/mol. The molecule has 8 heteroatoms. The first-order valence-electron chi connectivity index (χ1n) is 10.1. The van der Waals surface area contributed by atoms with E-state index in [0.29, 0.717) is 29.9 Å². The molecule has 2 aliphatic heterocycles. The highest BCUT2D eigenvalue weighted by atomic mass is 127. The van der Waals surface area contributed by atoms with Crippen molar-refractivity contribution in [1.29, 1.82) is 0 Å². The van der Waals surface area contributed by atoms with Crippen LogP contribution >= 0.6 is 24.0 Å².